The van der Waals surface area contributed by atoms with Crippen LogP contribution < -0.4 is 5.32 Å². The summed E-state index contributed by atoms with van der Waals surface area (Å²) in [5.41, 5.74) is 1.45. The van der Waals surface area contributed by atoms with E-state index in [1.165, 1.54) is 24.8 Å². The van der Waals surface area contributed by atoms with Crippen LogP contribution in [-0.2, 0) is 9.47 Å². The van der Waals surface area contributed by atoms with Crippen LogP contribution >= 0.6 is 0 Å². The van der Waals surface area contributed by atoms with E-state index < -0.39 is 0 Å². The molecule has 3 unspecified atom stereocenters. The van der Waals surface area contributed by atoms with Crippen LogP contribution in [0.3, 0.4) is 0 Å². The van der Waals surface area contributed by atoms with E-state index in [4.69, 9.17) is 9.47 Å². The Morgan fingerprint density at radius 3 is 2.94 bits per heavy atom. The Bertz CT molecular complexity index is 278. The number of hydrogen-bond acceptors (Lipinski definition) is 3. The summed E-state index contributed by atoms with van der Waals surface area (Å²) in [7, 11) is 0. The van der Waals surface area contributed by atoms with Crippen molar-refractivity contribution in [2.24, 2.45) is 5.92 Å². The molecule has 0 radical (unpaired) electrons. The molecule has 0 aromatic carbocycles. The van der Waals surface area contributed by atoms with Gasteiger partial charge in [0.05, 0.1) is 19.0 Å². The maximum atomic E-state index is 5.86. The molecule has 2 rings (SSSR count). The highest BCUT2D eigenvalue weighted by atomic mass is 16.5. The van der Waals surface area contributed by atoms with Gasteiger partial charge in [0.25, 0.3) is 0 Å². The monoisotopic (exact) mass is 253 g/mol. The minimum atomic E-state index is 0.419. The fourth-order valence-corrected chi connectivity index (χ4v) is 3.14. The van der Waals surface area contributed by atoms with Crippen LogP contribution in [0.5, 0.6) is 0 Å². The molecule has 1 fully saturated rings. The van der Waals surface area contributed by atoms with Gasteiger partial charge in [-0.25, -0.2) is 0 Å². The van der Waals surface area contributed by atoms with Gasteiger partial charge < -0.3 is 14.8 Å². The standard InChI is InChI=1S/C15H27NO2/c1-3-8-16-15(12-6-5-9-17-11-12)13-7-10-18-14(13)4-2/h11,13-16H,3-10H2,1-2H3. The molecule has 2 heterocycles. The second kappa shape index (κ2) is 7.15. The van der Waals surface area contributed by atoms with Crippen molar-refractivity contribution in [3.63, 3.8) is 0 Å². The highest BCUT2D eigenvalue weighted by molar-refractivity contribution is 5.13. The fraction of sp³-hybridized carbons (Fsp3) is 0.867. The van der Waals surface area contributed by atoms with Crippen molar-refractivity contribution in [3.8, 4) is 0 Å². The molecule has 1 saturated heterocycles. The van der Waals surface area contributed by atoms with E-state index in [2.05, 4.69) is 19.2 Å². The highest BCUT2D eigenvalue weighted by Crippen LogP contribution is 2.32. The molecule has 0 amide bonds. The SMILES string of the molecule is CCCNC(C1=COCCC1)C1CCOC1CC. The minimum Gasteiger partial charge on any atom is -0.501 e. The van der Waals surface area contributed by atoms with Gasteiger partial charge in [0.2, 0.25) is 0 Å². The van der Waals surface area contributed by atoms with Gasteiger partial charge in [0.15, 0.2) is 0 Å². The Morgan fingerprint density at radius 1 is 1.39 bits per heavy atom. The Morgan fingerprint density at radius 2 is 2.28 bits per heavy atom. The predicted molar refractivity (Wildman–Crippen MR) is 73.5 cm³/mol. The van der Waals surface area contributed by atoms with Crippen molar-refractivity contribution in [2.45, 2.75) is 58.1 Å². The predicted octanol–water partition coefficient (Wildman–Crippen LogP) is 2.86. The summed E-state index contributed by atoms with van der Waals surface area (Å²) in [5.74, 6) is 0.620. The quantitative estimate of drug-likeness (QED) is 0.789. The lowest BCUT2D eigenvalue weighted by Crippen LogP contribution is -2.42. The van der Waals surface area contributed by atoms with Gasteiger partial charge in [0, 0.05) is 18.6 Å². The van der Waals surface area contributed by atoms with Crippen LogP contribution in [0.4, 0.5) is 0 Å². The third-order valence-electron chi connectivity index (χ3n) is 4.07. The van der Waals surface area contributed by atoms with Crippen molar-refractivity contribution in [3.05, 3.63) is 11.8 Å². The van der Waals surface area contributed by atoms with Crippen molar-refractivity contribution in [2.75, 3.05) is 19.8 Å². The number of ether oxygens (including phenoxy) is 2. The zero-order valence-electron chi connectivity index (χ0n) is 11.8. The first-order chi connectivity index (χ1) is 8.86. The Kier molecular flexibility index (Phi) is 5.51. The molecule has 18 heavy (non-hydrogen) atoms. The van der Waals surface area contributed by atoms with E-state index in [1.54, 1.807) is 0 Å². The first kappa shape index (κ1) is 13.9. The summed E-state index contributed by atoms with van der Waals surface area (Å²) in [5, 5.41) is 3.72. The Labute approximate surface area is 111 Å². The zero-order valence-corrected chi connectivity index (χ0v) is 11.8. The molecule has 104 valence electrons. The molecule has 0 aliphatic carbocycles. The molecule has 0 saturated carbocycles. The van der Waals surface area contributed by atoms with E-state index in [1.807, 2.05) is 6.26 Å². The van der Waals surface area contributed by atoms with Crippen molar-refractivity contribution < 1.29 is 9.47 Å². The molecular formula is C15H27NO2. The van der Waals surface area contributed by atoms with Gasteiger partial charge in [-0.1, -0.05) is 13.8 Å². The summed E-state index contributed by atoms with van der Waals surface area (Å²) >= 11 is 0. The Hall–Kier alpha value is -0.540. The zero-order chi connectivity index (χ0) is 12.8. The highest BCUT2D eigenvalue weighted by Gasteiger charge is 2.35. The van der Waals surface area contributed by atoms with Gasteiger partial charge in [0.1, 0.15) is 0 Å². The topological polar surface area (TPSA) is 30.5 Å². The van der Waals surface area contributed by atoms with Crippen LogP contribution in [0.25, 0.3) is 0 Å². The molecule has 2 aliphatic rings. The van der Waals surface area contributed by atoms with Crippen LogP contribution in [0.1, 0.15) is 46.0 Å². The molecule has 3 heteroatoms. The van der Waals surface area contributed by atoms with E-state index in [0.29, 0.717) is 18.1 Å². The maximum absolute atomic E-state index is 5.86. The Balaban J connectivity index is 2.05. The maximum Gasteiger partial charge on any atom is 0.0876 e. The number of rotatable bonds is 6. The fourth-order valence-electron chi connectivity index (χ4n) is 3.14. The van der Waals surface area contributed by atoms with Gasteiger partial charge in [-0.3, -0.25) is 0 Å². The third kappa shape index (κ3) is 3.27. The molecule has 1 N–H and O–H groups in total. The van der Waals surface area contributed by atoms with Crippen molar-refractivity contribution >= 4 is 0 Å². The average molecular weight is 253 g/mol. The van der Waals surface area contributed by atoms with E-state index >= 15 is 0 Å². The summed E-state index contributed by atoms with van der Waals surface area (Å²) in [6, 6.07) is 0.456. The molecule has 3 atom stereocenters. The smallest absolute Gasteiger partial charge is 0.0876 e. The van der Waals surface area contributed by atoms with Crippen LogP contribution in [0.2, 0.25) is 0 Å². The number of hydrogen-bond donors (Lipinski definition) is 1. The molecule has 0 bridgehead atoms. The molecule has 0 aromatic rings. The first-order valence-electron chi connectivity index (χ1n) is 7.52. The second-order valence-corrected chi connectivity index (χ2v) is 5.37. The summed E-state index contributed by atoms with van der Waals surface area (Å²) in [6.07, 6.45) is 8.22. The summed E-state index contributed by atoms with van der Waals surface area (Å²) in [6.45, 7) is 7.32. The second-order valence-electron chi connectivity index (χ2n) is 5.37. The third-order valence-corrected chi connectivity index (χ3v) is 4.07. The normalized spacial score (nSPS) is 29.8. The molecule has 0 spiro atoms. The lowest BCUT2D eigenvalue weighted by atomic mass is 9.85. The van der Waals surface area contributed by atoms with Crippen LogP contribution in [0.15, 0.2) is 11.8 Å². The molecule has 2 aliphatic heterocycles. The van der Waals surface area contributed by atoms with E-state index in [-0.39, 0.29) is 0 Å². The van der Waals surface area contributed by atoms with Crippen molar-refractivity contribution in [1.29, 1.82) is 0 Å². The summed E-state index contributed by atoms with van der Waals surface area (Å²) < 4.78 is 11.4. The van der Waals surface area contributed by atoms with Gasteiger partial charge in [-0.05, 0) is 44.2 Å². The van der Waals surface area contributed by atoms with Gasteiger partial charge >= 0.3 is 0 Å². The summed E-state index contributed by atoms with van der Waals surface area (Å²) in [4.78, 5) is 0. The largest absolute Gasteiger partial charge is 0.501 e. The van der Waals surface area contributed by atoms with Gasteiger partial charge in [-0.2, -0.15) is 0 Å². The lowest BCUT2D eigenvalue weighted by molar-refractivity contribution is 0.0793. The molecule has 0 aromatic heterocycles. The van der Waals surface area contributed by atoms with Crippen LogP contribution in [-0.4, -0.2) is 31.9 Å². The van der Waals surface area contributed by atoms with E-state index in [9.17, 15) is 0 Å². The van der Waals surface area contributed by atoms with E-state index in [0.717, 1.165) is 32.6 Å². The molecule has 3 nitrogen and oxygen atoms in total. The number of nitrogens with one attached hydrogen (secondary N) is 1. The van der Waals surface area contributed by atoms with Crippen molar-refractivity contribution in [1.82, 2.24) is 5.32 Å². The van der Waals surface area contributed by atoms with Gasteiger partial charge in [-0.15, -0.1) is 0 Å². The average Bonchev–Trinajstić information content (AvgIpc) is 2.89. The van der Waals surface area contributed by atoms with Crippen LogP contribution in [0, 0.1) is 5.92 Å². The lowest BCUT2D eigenvalue weighted by Gasteiger charge is -2.31. The minimum absolute atomic E-state index is 0.419. The first-order valence-corrected chi connectivity index (χ1v) is 7.52. The molecular weight excluding hydrogens is 226 g/mol.